The summed E-state index contributed by atoms with van der Waals surface area (Å²) in [5, 5.41) is 18.3. The molecule has 0 radical (unpaired) electrons. The van der Waals surface area contributed by atoms with E-state index in [0.29, 0.717) is 5.56 Å². The number of benzene rings is 1. The number of aromatic amines is 2. The molecule has 1 aromatic carbocycles. The minimum atomic E-state index is -1.13. The van der Waals surface area contributed by atoms with Crippen LogP contribution in [0.2, 0.25) is 0 Å². The summed E-state index contributed by atoms with van der Waals surface area (Å²) < 4.78 is 0. The number of carbonyl (C=O) groups excluding carboxylic acids is 1. The van der Waals surface area contributed by atoms with Gasteiger partial charge in [0, 0.05) is 23.3 Å². The molecular weight excluding hydrogens is 260 g/mol. The number of rotatable bonds is 3. The quantitative estimate of drug-likeness (QED) is 0.581. The number of H-pyrrole nitrogens is 2. The fraction of sp³-hybridized carbons (Fsp3) is 0. The van der Waals surface area contributed by atoms with Gasteiger partial charge >= 0.3 is 5.97 Å². The number of hydrogen-bond donors (Lipinski definition) is 4. The SMILES string of the molecule is O=C(Nc1cc(C(=O)O)[nH]n1)c1ccc2cc[nH]c2c1. The van der Waals surface area contributed by atoms with Gasteiger partial charge in [0.1, 0.15) is 5.69 Å². The van der Waals surface area contributed by atoms with E-state index in [1.54, 1.807) is 18.3 Å². The molecule has 7 heteroatoms. The molecule has 0 aliphatic carbocycles. The minimum absolute atomic E-state index is 0.0832. The Hall–Kier alpha value is -3.09. The molecule has 0 unspecified atom stereocenters. The molecule has 1 amide bonds. The molecule has 3 aromatic rings. The van der Waals surface area contributed by atoms with Crippen molar-refractivity contribution in [3.8, 4) is 0 Å². The molecule has 0 saturated carbocycles. The Balaban J connectivity index is 1.82. The molecule has 4 N–H and O–H groups in total. The number of carbonyl (C=O) groups is 2. The lowest BCUT2D eigenvalue weighted by Crippen LogP contribution is -2.12. The second-order valence-corrected chi connectivity index (χ2v) is 4.21. The van der Waals surface area contributed by atoms with Crippen LogP contribution in [0.5, 0.6) is 0 Å². The van der Waals surface area contributed by atoms with Crippen molar-refractivity contribution in [3.05, 3.63) is 47.8 Å². The summed E-state index contributed by atoms with van der Waals surface area (Å²) in [4.78, 5) is 25.7. The molecule has 7 nitrogen and oxygen atoms in total. The van der Waals surface area contributed by atoms with E-state index in [2.05, 4.69) is 20.5 Å². The number of amides is 1. The number of aromatic nitrogens is 3. The van der Waals surface area contributed by atoms with Crippen LogP contribution in [0.15, 0.2) is 36.5 Å². The highest BCUT2D eigenvalue weighted by Gasteiger charge is 2.12. The highest BCUT2D eigenvalue weighted by Crippen LogP contribution is 2.15. The summed E-state index contributed by atoms with van der Waals surface area (Å²) in [6.07, 6.45) is 1.79. The predicted molar refractivity (Wildman–Crippen MR) is 71.8 cm³/mol. The second kappa shape index (κ2) is 4.54. The first-order valence-corrected chi connectivity index (χ1v) is 5.81. The zero-order valence-corrected chi connectivity index (χ0v) is 10.2. The molecule has 2 aromatic heterocycles. The topological polar surface area (TPSA) is 111 Å². The molecule has 0 spiro atoms. The number of nitrogens with one attached hydrogen (secondary N) is 3. The van der Waals surface area contributed by atoms with E-state index in [9.17, 15) is 9.59 Å². The monoisotopic (exact) mass is 270 g/mol. The molecule has 0 saturated heterocycles. The maximum Gasteiger partial charge on any atom is 0.353 e. The van der Waals surface area contributed by atoms with Gasteiger partial charge in [-0.05, 0) is 23.6 Å². The van der Waals surface area contributed by atoms with Crippen molar-refractivity contribution in [2.45, 2.75) is 0 Å². The Labute approximate surface area is 112 Å². The van der Waals surface area contributed by atoms with Crippen LogP contribution >= 0.6 is 0 Å². The number of carboxylic acids is 1. The molecule has 0 atom stereocenters. The molecular formula is C13H10N4O3. The van der Waals surface area contributed by atoms with Gasteiger partial charge in [0.2, 0.25) is 0 Å². The van der Waals surface area contributed by atoms with Crippen molar-refractivity contribution in [1.82, 2.24) is 15.2 Å². The Morgan fingerprint density at radius 2 is 2.05 bits per heavy atom. The number of carboxylic acid groups (broad SMARTS) is 1. The van der Waals surface area contributed by atoms with Gasteiger partial charge < -0.3 is 15.4 Å². The summed E-state index contributed by atoms with van der Waals surface area (Å²) in [6, 6.07) is 8.40. The predicted octanol–water partition coefficient (Wildman–Crippen LogP) is 1.84. The summed E-state index contributed by atoms with van der Waals surface area (Å²) in [7, 11) is 0. The van der Waals surface area contributed by atoms with Gasteiger partial charge in [0.05, 0.1) is 0 Å². The maximum absolute atomic E-state index is 12.0. The standard InChI is InChI=1S/C13H10N4O3/c18-12(15-11-6-10(13(19)20)16-17-11)8-2-1-7-3-4-14-9(7)5-8/h1-6,14H,(H,19,20)(H2,15,16,17,18). The van der Waals surface area contributed by atoms with E-state index in [4.69, 9.17) is 5.11 Å². The van der Waals surface area contributed by atoms with Crippen molar-refractivity contribution in [1.29, 1.82) is 0 Å². The first-order valence-electron chi connectivity index (χ1n) is 5.81. The fourth-order valence-corrected chi connectivity index (χ4v) is 1.87. The Bertz CT molecular complexity index is 803. The molecule has 20 heavy (non-hydrogen) atoms. The molecule has 3 rings (SSSR count). The van der Waals surface area contributed by atoms with Crippen molar-refractivity contribution in [3.63, 3.8) is 0 Å². The first-order chi connectivity index (χ1) is 9.63. The van der Waals surface area contributed by atoms with Crippen LogP contribution in [0.25, 0.3) is 10.9 Å². The number of aromatic carboxylic acids is 1. The number of nitrogens with zero attached hydrogens (tertiary/aromatic N) is 1. The van der Waals surface area contributed by atoms with E-state index in [-0.39, 0.29) is 17.4 Å². The van der Waals surface area contributed by atoms with E-state index in [1.807, 2.05) is 12.1 Å². The zero-order valence-electron chi connectivity index (χ0n) is 10.2. The summed E-state index contributed by atoms with van der Waals surface area (Å²) >= 11 is 0. The van der Waals surface area contributed by atoms with Crippen LogP contribution in [0.3, 0.4) is 0 Å². The smallest absolute Gasteiger partial charge is 0.353 e. The van der Waals surface area contributed by atoms with Gasteiger partial charge in [0.25, 0.3) is 5.91 Å². The van der Waals surface area contributed by atoms with Crippen molar-refractivity contribution in [2.24, 2.45) is 0 Å². The van der Waals surface area contributed by atoms with E-state index in [0.717, 1.165) is 10.9 Å². The average molecular weight is 270 g/mol. The fourth-order valence-electron chi connectivity index (χ4n) is 1.87. The first kappa shape index (κ1) is 12.0. The van der Waals surface area contributed by atoms with Gasteiger partial charge in [-0.15, -0.1) is 0 Å². The average Bonchev–Trinajstić information content (AvgIpc) is 3.05. The van der Waals surface area contributed by atoms with Crippen LogP contribution in [-0.4, -0.2) is 32.2 Å². The highest BCUT2D eigenvalue weighted by atomic mass is 16.4. The summed E-state index contributed by atoms with van der Waals surface area (Å²) in [5.74, 6) is -1.32. The molecule has 2 heterocycles. The normalized spacial score (nSPS) is 10.6. The third-order valence-corrected chi connectivity index (χ3v) is 2.87. The lowest BCUT2D eigenvalue weighted by Gasteiger charge is -2.01. The molecule has 0 fully saturated rings. The molecule has 0 bridgehead atoms. The zero-order chi connectivity index (χ0) is 14.1. The van der Waals surface area contributed by atoms with Crippen molar-refractivity contribution >= 4 is 28.6 Å². The summed E-state index contributed by atoms with van der Waals surface area (Å²) in [6.45, 7) is 0. The number of fused-ring (bicyclic) bond motifs is 1. The van der Waals surface area contributed by atoms with E-state index < -0.39 is 5.97 Å². The van der Waals surface area contributed by atoms with Gasteiger partial charge in [-0.2, -0.15) is 5.10 Å². The van der Waals surface area contributed by atoms with Crippen molar-refractivity contribution in [2.75, 3.05) is 5.32 Å². The van der Waals surface area contributed by atoms with Gasteiger partial charge in [-0.3, -0.25) is 9.89 Å². The Kier molecular flexibility index (Phi) is 2.72. The third-order valence-electron chi connectivity index (χ3n) is 2.87. The van der Waals surface area contributed by atoms with Crippen LogP contribution in [0, 0.1) is 0 Å². The Morgan fingerprint density at radius 3 is 2.80 bits per heavy atom. The van der Waals surface area contributed by atoms with Crippen LogP contribution in [0.4, 0.5) is 5.82 Å². The molecule has 100 valence electrons. The Morgan fingerprint density at radius 1 is 1.20 bits per heavy atom. The largest absolute Gasteiger partial charge is 0.477 e. The van der Waals surface area contributed by atoms with Crippen molar-refractivity contribution < 1.29 is 14.7 Å². The highest BCUT2D eigenvalue weighted by molar-refractivity contribution is 6.06. The maximum atomic E-state index is 12.0. The number of anilines is 1. The lowest BCUT2D eigenvalue weighted by atomic mass is 10.1. The van der Waals surface area contributed by atoms with Gasteiger partial charge in [-0.25, -0.2) is 4.79 Å². The van der Waals surface area contributed by atoms with Gasteiger partial charge in [-0.1, -0.05) is 6.07 Å². The molecule has 0 aliphatic heterocycles. The van der Waals surface area contributed by atoms with Crippen LogP contribution in [0.1, 0.15) is 20.8 Å². The number of hydrogen-bond acceptors (Lipinski definition) is 3. The molecule has 0 aliphatic rings. The van der Waals surface area contributed by atoms with Crippen LogP contribution < -0.4 is 5.32 Å². The lowest BCUT2D eigenvalue weighted by molar-refractivity contribution is 0.0690. The van der Waals surface area contributed by atoms with Crippen LogP contribution in [-0.2, 0) is 0 Å². The third kappa shape index (κ3) is 2.12. The van der Waals surface area contributed by atoms with E-state index >= 15 is 0 Å². The van der Waals surface area contributed by atoms with Gasteiger partial charge in [0.15, 0.2) is 5.82 Å². The van der Waals surface area contributed by atoms with E-state index in [1.165, 1.54) is 6.07 Å². The second-order valence-electron chi connectivity index (χ2n) is 4.21. The minimum Gasteiger partial charge on any atom is -0.477 e. The summed E-state index contributed by atoms with van der Waals surface area (Å²) in [5.41, 5.74) is 1.23.